The lowest BCUT2D eigenvalue weighted by atomic mass is 10.1. The first-order valence-corrected chi connectivity index (χ1v) is 9.08. The average Bonchev–Trinajstić information content (AvgIpc) is 2.89. The van der Waals surface area contributed by atoms with Gasteiger partial charge in [-0.25, -0.2) is 0 Å². The second-order valence-electron chi connectivity index (χ2n) is 7.23. The van der Waals surface area contributed by atoms with E-state index in [0.29, 0.717) is 25.3 Å². The Hall–Kier alpha value is -2.28. The fourth-order valence-corrected chi connectivity index (χ4v) is 3.60. The number of nitrogens with zero attached hydrogens (tertiary/aromatic N) is 2. The largest absolute Gasteiger partial charge is 0.416 e. The van der Waals surface area contributed by atoms with Crippen LogP contribution in [0.4, 0.5) is 18.9 Å². The summed E-state index contributed by atoms with van der Waals surface area (Å²) in [7, 11) is 1.95. The van der Waals surface area contributed by atoms with Gasteiger partial charge in [-0.1, -0.05) is 6.07 Å². The number of aromatic nitrogens is 1. The first-order valence-electron chi connectivity index (χ1n) is 9.08. The number of hydrogen-bond acceptors (Lipinski definition) is 2. The standard InChI is InChI=1S/C20H24F3N3O/c1-14-11-18(15(2)24(14)3)19(27)13-25-7-9-26(10-8-25)17-6-4-5-16(12-17)20(21,22)23/h4-6,11-12H,7-10,13H2,1-3H3/p+1. The molecule has 146 valence electrons. The Labute approximate surface area is 157 Å². The predicted molar refractivity (Wildman–Crippen MR) is 98.4 cm³/mol. The molecule has 27 heavy (non-hydrogen) atoms. The van der Waals surface area contributed by atoms with E-state index in [1.807, 2.05) is 36.4 Å². The van der Waals surface area contributed by atoms with Gasteiger partial charge < -0.3 is 14.4 Å². The first-order chi connectivity index (χ1) is 12.7. The van der Waals surface area contributed by atoms with Gasteiger partial charge in [-0.3, -0.25) is 4.79 Å². The van der Waals surface area contributed by atoms with Gasteiger partial charge in [0.1, 0.15) is 6.54 Å². The van der Waals surface area contributed by atoms with E-state index in [1.54, 1.807) is 6.07 Å². The molecule has 0 aliphatic carbocycles. The van der Waals surface area contributed by atoms with Crippen molar-refractivity contribution in [3.05, 3.63) is 52.8 Å². The highest BCUT2D eigenvalue weighted by molar-refractivity contribution is 5.98. The summed E-state index contributed by atoms with van der Waals surface area (Å²) >= 11 is 0. The molecule has 1 aromatic heterocycles. The third-order valence-electron chi connectivity index (χ3n) is 5.50. The van der Waals surface area contributed by atoms with Crippen LogP contribution >= 0.6 is 0 Å². The zero-order valence-corrected chi connectivity index (χ0v) is 15.9. The van der Waals surface area contributed by atoms with Crippen LogP contribution in [0.25, 0.3) is 0 Å². The SMILES string of the molecule is Cc1cc(C(=O)C[NH+]2CCN(c3cccc(C(F)(F)F)c3)CC2)c(C)n1C. The van der Waals surface area contributed by atoms with Crippen LogP contribution in [-0.2, 0) is 13.2 Å². The second-order valence-corrected chi connectivity index (χ2v) is 7.23. The van der Waals surface area contributed by atoms with Crippen molar-refractivity contribution in [2.75, 3.05) is 37.6 Å². The number of anilines is 1. The third kappa shape index (κ3) is 4.18. The van der Waals surface area contributed by atoms with E-state index >= 15 is 0 Å². The van der Waals surface area contributed by atoms with Crippen LogP contribution in [0.3, 0.4) is 0 Å². The summed E-state index contributed by atoms with van der Waals surface area (Å²) in [5.41, 5.74) is 2.76. The Balaban J connectivity index is 1.61. The van der Waals surface area contributed by atoms with Gasteiger partial charge in [-0.15, -0.1) is 0 Å². The van der Waals surface area contributed by atoms with Crippen molar-refractivity contribution in [2.45, 2.75) is 20.0 Å². The van der Waals surface area contributed by atoms with Crippen LogP contribution in [0.15, 0.2) is 30.3 Å². The molecule has 1 aliphatic heterocycles. The molecule has 0 spiro atoms. The number of aryl methyl sites for hydroxylation is 1. The van der Waals surface area contributed by atoms with Gasteiger partial charge in [0.05, 0.1) is 31.7 Å². The number of carbonyl (C=O) groups excluding carboxylic acids is 1. The summed E-state index contributed by atoms with van der Waals surface area (Å²) in [6, 6.07) is 7.37. The molecular weight excluding hydrogens is 355 g/mol. The van der Waals surface area contributed by atoms with Crippen LogP contribution in [-0.4, -0.2) is 43.1 Å². The predicted octanol–water partition coefficient (Wildman–Crippen LogP) is 2.25. The molecule has 0 unspecified atom stereocenters. The van der Waals surface area contributed by atoms with Gasteiger partial charge in [0.2, 0.25) is 5.78 Å². The van der Waals surface area contributed by atoms with E-state index < -0.39 is 11.7 Å². The molecule has 1 aliphatic rings. The third-order valence-corrected chi connectivity index (χ3v) is 5.50. The van der Waals surface area contributed by atoms with Crippen LogP contribution in [0.1, 0.15) is 27.3 Å². The number of halogens is 3. The van der Waals surface area contributed by atoms with Crippen molar-refractivity contribution in [3.8, 4) is 0 Å². The molecule has 0 atom stereocenters. The molecule has 2 aromatic rings. The van der Waals surface area contributed by atoms with Crippen LogP contribution in [0, 0.1) is 13.8 Å². The molecule has 1 aromatic carbocycles. The lowest BCUT2D eigenvalue weighted by Gasteiger charge is -2.33. The summed E-state index contributed by atoms with van der Waals surface area (Å²) in [6.07, 6.45) is -4.33. The molecule has 1 N–H and O–H groups in total. The zero-order valence-electron chi connectivity index (χ0n) is 15.9. The van der Waals surface area contributed by atoms with Crippen molar-refractivity contribution in [1.82, 2.24) is 4.57 Å². The highest BCUT2D eigenvalue weighted by Crippen LogP contribution is 2.31. The number of piperazine rings is 1. The molecule has 0 radical (unpaired) electrons. The number of carbonyl (C=O) groups is 1. The number of alkyl halides is 3. The van der Waals surface area contributed by atoms with Crippen LogP contribution in [0.2, 0.25) is 0 Å². The van der Waals surface area contributed by atoms with Crippen molar-refractivity contribution in [1.29, 1.82) is 0 Å². The van der Waals surface area contributed by atoms with Crippen molar-refractivity contribution < 1.29 is 22.9 Å². The molecule has 1 saturated heterocycles. The lowest BCUT2D eigenvalue weighted by molar-refractivity contribution is -0.892. The zero-order chi connectivity index (χ0) is 19.8. The molecule has 7 heteroatoms. The number of benzene rings is 1. The minimum atomic E-state index is -4.33. The quantitative estimate of drug-likeness (QED) is 0.825. The van der Waals surface area contributed by atoms with E-state index in [1.165, 1.54) is 17.0 Å². The highest BCUT2D eigenvalue weighted by atomic mass is 19.4. The number of Topliss-reactive ketones (excluding diaryl/α,β-unsaturated/α-hetero) is 1. The first kappa shape index (κ1) is 19.5. The minimum Gasteiger partial charge on any atom is -0.360 e. The summed E-state index contributed by atoms with van der Waals surface area (Å²) in [5.74, 6) is 0.124. The number of hydrogen-bond donors (Lipinski definition) is 1. The van der Waals surface area contributed by atoms with Crippen molar-refractivity contribution in [3.63, 3.8) is 0 Å². The van der Waals surface area contributed by atoms with Gasteiger partial charge in [-0.05, 0) is 38.1 Å². The van der Waals surface area contributed by atoms with E-state index in [-0.39, 0.29) is 5.78 Å². The maximum atomic E-state index is 12.9. The monoisotopic (exact) mass is 380 g/mol. The minimum absolute atomic E-state index is 0.124. The molecule has 0 amide bonds. The van der Waals surface area contributed by atoms with Crippen molar-refractivity contribution in [2.24, 2.45) is 7.05 Å². The number of ketones is 1. The number of quaternary nitrogens is 1. The summed E-state index contributed by atoms with van der Waals surface area (Å²) in [6.45, 7) is 7.07. The summed E-state index contributed by atoms with van der Waals surface area (Å²) in [4.78, 5) is 15.8. The summed E-state index contributed by atoms with van der Waals surface area (Å²) in [5, 5.41) is 0. The Bertz CT molecular complexity index is 833. The maximum absolute atomic E-state index is 12.9. The molecule has 4 nitrogen and oxygen atoms in total. The molecule has 1 fully saturated rings. The van der Waals surface area contributed by atoms with Gasteiger partial charge in [0, 0.05) is 29.7 Å². The molecule has 2 heterocycles. The van der Waals surface area contributed by atoms with Crippen LogP contribution < -0.4 is 9.80 Å². The summed E-state index contributed by atoms with van der Waals surface area (Å²) < 4.78 is 40.7. The van der Waals surface area contributed by atoms with E-state index in [2.05, 4.69) is 0 Å². The fraction of sp³-hybridized carbons (Fsp3) is 0.450. The Morgan fingerprint density at radius 3 is 2.37 bits per heavy atom. The van der Waals surface area contributed by atoms with E-state index in [9.17, 15) is 18.0 Å². The van der Waals surface area contributed by atoms with E-state index in [4.69, 9.17) is 0 Å². The van der Waals surface area contributed by atoms with Gasteiger partial charge in [-0.2, -0.15) is 13.2 Å². The average molecular weight is 380 g/mol. The molecule has 0 bridgehead atoms. The second kappa shape index (κ2) is 7.38. The van der Waals surface area contributed by atoms with Gasteiger partial charge in [0.25, 0.3) is 0 Å². The van der Waals surface area contributed by atoms with Gasteiger partial charge >= 0.3 is 6.18 Å². The Morgan fingerprint density at radius 1 is 1.15 bits per heavy atom. The Kier molecular flexibility index (Phi) is 5.33. The van der Waals surface area contributed by atoms with E-state index in [0.717, 1.165) is 36.1 Å². The highest BCUT2D eigenvalue weighted by Gasteiger charge is 2.31. The van der Waals surface area contributed by atoms with Crippen LogP contribution in [0.5, 0.6) is 0 Å². The fourth-order valence-electron chi connectivity index (χ4n) is 3.60. The smallest absolute Gasteiger partial charge is 0.360 e. The molecule has 0 saturated carbocycles. The van der Waals surface area contributed by atoms with Gasteiger partial charge in [0.15, 0.2) is 0 Å². The molecular formula is C20H25F3N3O+. The number of nitrogens with one attached hydrogen (secondary N) is 1. The number of rotatable bonds is 4. The van der Waals surface area contributed by atoms with Crippen molar-refractivity contribution >= 4 is 11.5 Å². The topological polar surface area (TPSA) is 29.7 Å². The lowest BCUT2D eigenvalue weighted by Crippen LogP contribution is -3.15. The molecule has 3 rings (SSSR count). The maximum Gasteiger partial charge on any atom is 0.416 e. The normalized spacial score (nSPS) is 16.0. The Morgan fingerprint density at radius 2 is 1.81 bits per heavy atom.